The van der Waals surface area contributed by atoms with Crippen LogP contribution in [0.1, 0.15) is 43.0 Å². The van der Waals surface area contributed by atoms with E-state index in [0.717, 1.165) is 68.3 Å². The van der Waals surface area contributed by atoms with Gasteiger partial charge in [0.05, 0.1) is 34.3 Å². The number of hydrogen-bond donors (Lipinski definition) is 1. The smallest absolute Gasteiger partial charge is 0.240 e. The van der Waals surface area contributed by atoms with E-state index in [0.29, 0.717) is 5.92 Å². The Balaban J connectivity index is 1.17. The number of carbonyl (C=O) groups excluding carboxylic acids is 1. The maximum Gasteiger partial charge on any atom is 0.240 e. The van der Waals surface area contributed by atoms with Crippen LogP contribution in [0.3, 0.4) is 0 Å². The Morgan fingerprint density at radius 1 is 1.30 bits per heavy atom. The molecule has 0 saturated carbocycles. The van der Waals surface area contributed by atoms with Gasteiger partial charge in [-0.15, -0.1) is 23.1 Å². The van der Waals surface area contributed by atoms with Gasteiger partial charge in [0.2, 0.25) is 5.91 Å². The van der Waals surface area contributed by atoms with Gasteiger partial charge in [0.25, 0.3) is 0 Å². The topological polar surface area (TPSA) is 71.7 Å². The lowest BCUT2D eigenvalue weighted by Crippen LogP contribution is -2.42. The first-order valence-corrected chi connectivity index (χ1v) is 12.9. The van der Waals surface area contributed by atoms with Gasteiger partial charge >= 0.3 is 0 Å². The molecule has 0 aliphatic carbocycles. The number of piperidine rings is 1. The van der Waals surface area contributed by atoms with E-state index in [2.05, 4.69) is 11.0 Å². The monoisotopic (exact) mass is 448 g/mol. The zero-order valence-electron chi connectivity index (χ0n) is 17.7. The minimum absolute atomic E-state index is 0.134. The molecule has 8 heteroatoms. The normalized spacial score (nSPS) is 19.5. The molecular formula is C22H32N4O2S2. The summed E-state index contributed by atoms with van der Waals surface area (Å²) in [4.78, 5) is 21.6. The van der Waals surface area contributed by atoms with Gasteiger partial charge in [-0.1, -0.05) is 6.42 Å². The summed E-state index contributed by atoms with van der Waals surface area (Å²) in [6.45, 7) is 4.21. The largest absolute Gasteiger partial charge is 0.497 e. The summed E-state index contributed by atoms with van der Waals surface area (Å²) < 4.78 is 6.56. The average Bonchev–Trinajstić information content (AvgIpc) is 3.46. The molecule has 3 heterocycles. The lowest BCUT2D eigenvalue weighted by Gasteiger charge is -2.31. The number of unbranched alkanes of at least 4 members (excludes halogenated alkanes) is 1. The Labute approximate surface area is 187 Å². The molecule has 2 aliphatic rings. The number of hydrogen-bond acceptors (Lipinski definition) is 7. The fraction of sp³-hybridized carbons (Fsp3) is 0.636. The number of carbonyl (C=O) groups is 1. The van der Waals surface area contributed by atoms with Crippen LogP contribution in [0.5, 0.6) is 5.75 Å². The highest BCUT2D eigenvalue weighted by Crippen LogP contribution is 2.35. The summed E-state index contributed by atoms with van der Waals surface area (Å²) in [6.07, 6.45) is 5.27. The molecule has 1 aromatic carbocycles. The zero-order chi connectivity index (χ0) is 20.9. The summed E-state index contributed by atoms with van der Waals surface area (Å²) in [5, 5.41) is 1.27. The standard InChI is InChI=1S/C22H32N4O2S2/c1-28-17-5-6-20-19(14-17)24-21(30-20)16-7-10-25(11-8-16)9-3-2-4-18(23)22(27)26-12-13-29-15-26/h5-6,14,16,18H,2-4,7-13,15,23H2,1H3. The molecule has 0 spiro atoms. The van der Waals surface area contributed by atoms with Gasteiger partial charge in [0.1, 0.15) is 5.75 Å². The Morgan fingerprint density at radius 3 is 2.87 bits per heavy atom. The molecule has 6 nitrogen and oxygen atoms in total. The van der Waals surface area contributed by atoms with Gasteiger partial charge in [0.15, 0.2) is 0 Å². The molecule has 2 N–H and O–H groups in total. The summed E-state index contributed by atoms with van der Waals surface area (Å²) in [6, 6.07) is 5.83. The number of amides is 1. The van der Waals surface area contributed by atoms with Crippen LogP contribution in [0.2, 0.25) is 0 Å². The predicted molar refractivity (Wildman–Crippen MR) is 125 cm³/mol. The van der Waals surface area contributed by atoms with Gasteiger partial charge in [0, 0.05) is 24.3 Å². The van der Waals surface area contributed by atoms with E-state index in [1.54, 1.807) is 7.11 Å². The highest BCUT2D eigenvalue weighted by atomic mass is 32.2. The van der Waals surface area contributed by atoms with E-state index in [9.17, 15) is 4.79 Å². The number of likely N-dealkylation sites (tertiary alicyclic amines) is 1. The van der Waals surface area contributed by atoms with Crippen molar-refractivity contribution in [3.63, 3.8) is 0 Å². The van der Waals surface area contributed by atoms with Crippen LogP contribution in [-0.2, 0) is 4.79 Å². The van der Waals surface area contributed by atoms with Gasteiger partial charge in [-0.2, -0.15) is 0 Å². The highest BCUT2D eigenvalue weighted by Gasteiger charge is 2.25. The van der Waals surface area contributed by atoms with Crippen molar-refractivity contribution in [3.8, 4) is 5.75 Å². The molecule has 2 saturated heterocycles. The number of benzene rings is 1. The van der Waals surface area contributed by atoms with Crippen molar-refractivity contribution in [2.75, 3.05) is 44.9 Å². The number of aromatic nitrogens is 1. The van der Waals surface area contributed by atoms with Crippen LogP contribution in [-0.4, -0.2) is 71.7 Å². The maximum absolute atomic E-state index is 12.3. The molecular weight excluding hydrogens is 416 g/mol. The second-order valence-electron chi connectivity index (χ2n) is 8.24. The molecule has 1 unspecified atom stereocenters. The van der Waals surface area contributed by atoms with E-state index in [-0.39, 0.29) is 11.9 Å². The third-order valence-electron chi connectivity index (χ3n) is 6.17. The second-order valence-corrected chi connectivity index (χ2v) is 10.4. The van der Waals surface area contributed by atoms with Crippen molar-refractivity contribution < 1.29 is 9.53 Å². The van der Waals surface area contributed by atoms with Crippen LogP contribution in [0.25, 0.3) is 10.2 Å². The molecule has 1 amide bonds. The molecule has 0 radical (unpaired) electrons. The summed E-state index contributed by atoms with van der Waals surface area (Å²) >= 11 is 3.64. The number of thiazole rings is 1. The molecule has 0 bridgehead atoms. The van der Waals surface area contributed by atoms with Crippen LogP contribution in [0.4, 0.5) is 0 Å². The van der Waals surface area contributed by atoms with Gasteiger partial charge in [-0.3, -0.25) is 4.79 Å². The van der Waals surface area contributed by atoms with Crippen molar-refractivity contribution in [2.24, 2.45) is 5.73 Å². The van der Waals surface area contributed by atoms with Crippen molar-refractivity contribution >= 4 is 39.2 Å². The number of methoxy groups -OCH3 is 1. The molecule has 1 aromatic heterocycles. The van der Waals surface area contributed by atoms with Crippen LogP contribution >= 0.6 is 23.1 Å². The number of nitrogens with two attached hydrogens (primary N) is 1. The third kappa shape index (κ3) is 5.28. The fourth-order valence-electron chi connectivity index (χ4n) is 4.28. The molecule has 4 rings (SSSR count). The Kier molecular flexibility index (Phi) is 7.51. The zero-order valence-corrected chi connectivity index (χ0v) is 19.3. The number of fused-ring (bicyclic) bond motifs is 1. The summed E-state index contributed by atoms with van der Waals surface area (Å²) in [5.41, 5.74) is 7.17. The van der Waals surface area contributed by atoms with E-state index in [4.69, 9.17) is 15.5 Å². The first-order valence-electron chi connectivity index (χ1n) is 10.9. The van der Waals surface area contributed by atoms with Crippen LogP contribution < -0.4 is 10.5 Å². The molecule has 1 atom stereocenters. The summed E-state index contributed by atoms with van der Waals surface area (Å²) in [7, 11) is 1.70. The first kappa shape index (κ1) is 21.9. The molecule has 164 valence electrons. The van der Waals surface area contributed by atoms with E-state index >= 15 is 0 Å². The van der Waals surface area contributed by atoms with Crippen LogP contribution in [0.15, 0.2) is 18.2 Å². The second kappa shape index (κ2) is 10.3. The van der Waals surface area contributed by atoms with Gasteiger partial charge < -0.3 is 20.3 Å². The summed E-state index contributed by atoms with van der Waals surface area (Å²) in [5.74, 6) is 3.42. The highest BCUT2D eigenvalue weighted by molar-refractivity contribution is 7.99. The fourth-order valence-corrected chi connectivity index (χ4v) is 6.35. The van der Waals surface area contributed by atoms with Gasteiger partial charge in [-0.05, 0) is 57.5 Å². The average molecular weight is 449 g/mol. The number of thioether (sulfide) groups is 1. The first-order chi connectivity index (χ1) is 14.6. The van der Waals surface area contributed by atoms with Crippen molar-refractivity contribution in [1.29, 1.82) is 0 Å². The predicted octanol–water partition coefficient (Wildman–Crippen LogP) is 3.51. The SMILES string of the molecule is COc1ccc2sc(C3CCN(CCCCC(N)C(=O)N4CCSC4)CC3)nc2c1. The Morgan fingerprint density at radius 2 is 2.13 bits per heavy atom. The number of ether oxygens (including phenoxy) is 1. The maximum atomic E-state index is 12.3. The molecule has 2 aromatic rings. The third-order valence-corrected chi connectivity index (χ3v) is 8.33. The molecule has 2 aliphatic heterocycles. The lowest BCUT2D eigenvalue weighted by atomic mass is 9.97. The Hall–Kier alpha value is -1.35. The number of nitrogens with zero attached hydrogens (tertiary/aromatic N) is 3. The Bertz CT molecular complexity index is 845. The van der Waals surface area contributed by atoms with Crippen molar-refractivity contribution in [2.45, 2.75) is 44.1 Å². The van der Waals surface area contributed by atoms with Crippen molar-refractivity contribution in [3.05, 3.63) is 23.2 Å². The lowest BCUT2D eigenvalue weighted by molar-refractivity contribution is -0.131. The van der Waals surface area contributed by atoms with E-state index < -0.39 is 0 Å². The minimum atomic E-state index is -0.327. The minimum Gasteiger partial charge on any atom is -0.497 e. The van der Waals surface area contributed by atoms with E-state index in [1.165, 1.54) is 22.5 Å². The quantitative estimate of drug-likeness (QED) is 0.623. The molecule has 30 heavy (non-hydrogen) atoms. The van der Waals surface area contributed by atoms with Gasteiger partial charge in [-0.25, -0.2) is 4.98 Å². The number of rotatable bonds is 8. The molecule has 2 fully saturated rings. The van der Waals surface area contributed by atoms with Crippen LogP contribution in [0, 0.1) is 0 Å². The van der Waals surface area contributed by atoms with Crippen molar-refractivity contribution in [1.82, 2.24) is 14.8 Å². The van der Waals surface area contributed by atoms with E-state index in [1.807, 2.05) is 40.1 Å².